The Morgan fingerprint density at radius 1 is 1.26 bits per heavy atom. The fraction of sp³-hybridized carbons (Fsp3) is 0.267. The van der Waals surface area contributed by atoms with E-state index in [4.69, 9.17) is 5.73 Å². The number of nitrogens with one attached hydrogen (secondary N) is 1. The molecule has 0 radical (unpaired) electrons. The van der Waals surface area contributed by atoms with Crippen molar-refractivity contribution >= 4 is 17.2 Å². The lowest BCUT2D eigenvalue weighted by Gasteiger charge is -2.16. The molecule has 1 amide bonds. The molecule has 0 aliphatic rings. The maximum atomic E-state index is 12.0. The number of hydrogen-bond acceptors (Lipinski definition) is 3. The molecule has 0 saturated heterocycles. The van der Waals surface area contributed by atoms with E-state index in [2.05, 4.69) is 5.32 Å². The first-order chi connectivity index (χ1) is 9.16. The highest BCUT2D eigenvalue weighted by Crippen LogP contribution is 2.18. The van der Waals surface area contributed by atoms with Crippen molar-refractivity contribution in [2.75, 3.05) is 0 Å². The van der Waals surface area contributed by atoms with Crippen LogP contribution in [0.5, 0.6) is 0 Å². The van der Waals surface area contributed by atoms with Gasteiger partial charge in [0.25, 0.3) is 0 Å². The molecule has 0 spiro atoms. The van der Waals surface area contributed by atoms with Crippen molar-refractivity contribution in [3.05, 3.63) is 58.3 Å². The molecular weight excluding hydrogens is 256 g/mol. The van der Waals surface area contributed by atoms with Gasteiger partial charge in [0.1, 0.15) is 0 Å². The van der Waals surface area contributed by atoms with Crippen LogP contribution in [0.2, 0.25) is 0 Å². The van der Waals surface area contributed by atoms with Crippen LogP contribution in [0.25, 0.3) is 0 Å². The summed E-state index contributed by atoms with van der Waals surface area (Å²) in [7, 11) is 0. The fourth-order valence-electron chi connectivity index (χ4n) is 1.89. The van der Waals surface area contributed by atoms with Gasteiger partial charge < -0.3 is 11.1 Å². The normalized spacial score (nSPS) is 13.8. The number of amides is 1. The lowest BCUT2D eigenvalue weighted by molar-refractivity contribution is -0.122. The van der Waals surface area contributed by atoms with Crippen molar-refractivity contribution in [2.45, 2.75) is 25.4 Å². The van der Waals surface area contributed by atoms with E-state index < -0.39 is 6.04 Å². The average Bonchev–Trinajstić information content (AvgIpc) is 2.93. The number of thiophene rings is 1. The highest BCUT2D eigenvalue weighted by atomic mass is 32.1. The number of carbonyl (C=O) groups excluding carboxylic acids is 1. The summed E-state index contributed by atoms with van der Waals surface area (Å²) in [5.41, 5.74) is 7.02. The molecule has 19 heavy (non-hydrogen) atoms. The van der Waals surface area contributed by atoms with E-state index in [0.717, 1.165) is 10.4 Å². The number of benzene rings is 1. The Bertz CT molecular complexity index is 510. The second-order valence-corrected chi connectivity index (χ2v) is 5.52. The molecule has 0 bridgehead atoms. The Morgan fingerprint density at radius 3 is 2.63 bits per heavy atom. The van der Waals surface area contributed by atoms with Crippen LogP contribution in [0.15, 0.2) is 47.8 Å². The van der Waals surface area contributed by atoms with Gasteiger partial charge in [-0.2, -0.15) is 0 Å². The molecule has 4 heteroatoms. The molecular formula is C15H18N2OS. The van der Waals surface area contributed by atoms with Crippen LogP contribution in [-0.4, -0.2) is 11.9 Å². The largest absolute Gasteiger partial charge is 0.347 e. The predicted molar refractivity (Wildman–Crippen MR) is 79.0 cm³/mol. The minimum absolute atomic E-state index is 0.00863. The molecule has 1 aromatic carbocycles. The van der Waals surface area contributed by atoms with Gasteiger partial charge in [0.05, 0.1) is 12.1 Å². The molecule has 2 atom stereocenters. The SMILES string of the molecule is C[C@@H](NC(=O)[C@H](N)Cc1ccccc1)c1cccs1. The van der Waals surface area contributed by atoms with E-state index in [1.54, 1.807) is 11.3 Å². The van der Waals surface area contributed by atoms with Crippen LogP contribution in [0.4, 0.5) is 0 Å². The third kappa shape index (κ3) is 3.91. The maximum Gasteiger partial charge on any atom is 0.237 e. The molecule has 1 aromatic heterocycles. The zero-order chi connectivity index (χ0) is 13.7. The molecule has 3 N–H and O–H groups in total. The summed E-state index contributed by atoms with van der Waals surface area (Å²) in [6, 6.07) is 13.3. The van der Waals surface area contributed by atoms with E-state index in [1.807, 2.05) is 54.8 Å². The molecule has 2 aromatic rings. The number of hydrogen-bond donors (Lipinski definition) is 2. The first kappa shape index (κ1) is 13.8. The number of carbonyl (C=O) groups is 1. The van der Waals surface area contributed by atoms with Gasteiger partial charge >= 0.3 is 0 Å². The Labute approximate surface area is 117 Å². The summed E-state index contributed by atoms with van der Waals surface area (Å²) in [6.07, 6.45) is 0.559. The van der Waals surface area contributed by atoms with Gasteiger partial charge in [0.2, 0.25) is 5.91 Å². The van der Waals surface area contributed by atoms with Gasteiger partial charge in [-0.3, -0.25) is 4.79 Å². The highest BCUT2D eigenvalue weighted by Gasteiger charge is 2.17. The first-order valence-electron chi connectivity index (χ1n) is 6.30. The molecule has 0 saturated carbocycles. The predicted octanol–water partition coefficient (Wildman–Crippen LogP) is 2.50. The second kappa shape index (κ2) is 6.50. The van der Waals surface area contributed by atoms with Crippen LogP contribution < -0.4 is 11.1 Å². The van der Waals surface area contributed by atoms with Crippen molar-refractivity contribution in [3.63, 3.8) is 0 Å². The topological polar surface area (TPSA) is 55.1 Å². The summed E-state index contributed by atoms with van der Waals surface area (Å²) in [5.74, 6) is -0.107. The van der Waals surface area contributed by atoms with Gasteiger partial charge in [-0.25, -0.2) is 0 Å². The molecule has 3 nitrogen and oxygen atoms in total. The molecule has 1 heterocycles. The van der Waals surface area contributed by atoms with Gasteiger partial charge in [-0.1, -0.05) is 36.4 Å². The van der Waals surface area contributed by atoms with Crippen LogP contribution in [0, 0.1) is 0 Å². The number of nitrogens with two attached hydrogens (primary N) is 1. The summed E-state index contributed by atoms with van der Waals surface area (Å²) in [5, 5.41) is 4.95. The molecule has 0 fully saturated rings. The quantitative estimate of drug-likeness (QED) is 0.880. The monoisotopic (exact) mass is 274 g/mol. The molecule has 100 valence electrons. The zero-order valence-electron chi connectivity index (χ0n) is 10.9. The Kier molecular flexibility index (Phi) is 4.71. The van der Waals surface area contributed by atoms with Crippen molar-refractivity contribution in [1.82, 2.24) is 5.32 Å². The second-order valence-electron chi connectivity index (χ2n) is 4.54. The van der Waals surface area contributed by atoms with Crippen molar-refractivity contribution in [2.24, 2.45) is 5.73 Å². The van der Waals surface area contributed by atoms with E-state index >= 15 is 0 Å². The third-order valence-corrected chi connectivity index (χ3v) is 4.02. The summed E-state index contributed by atoms with van der Waals surface area (Å²) in [4.78, 5) is 13.2. The van der Waals surface area contributed by atoms with Crippen LogP contribution >= 0.6 is 11.3 Å². The minimum atomic E-state index is -0.509. The third-order valence-electron chi connectivity index (χ3n) is 2.96. The van der Waals surface area contributed by atoms with E-state index in [-0.39, 0.29) is 11.9 Å². The van der Waals surface area contributed by atoms with Crippen molar-refractivity contribution in [1.29, 1.82) is 0 Å². The van der Waals surface area contributed by atoms with E-state index in [0.29, 0.717) is 6.42 Å². The van der Waals surface area contributed by atoms with Crippen molar-refractivity contribution < 1.29 is 4.79 Å². The molecule has 0 unspecified atom stereocenters. The zero-order valence-corrected chi connectivity index (χ0v) is 11.7. The summed E-state index contributed by atoms with van der Waals surface area (Å²) >= 11 is 1.63. The Hall–Kier alpha value is -1.65. The van der Waals surface area contributed by atoms with E-state index in [9.17, 15) is 4.79 Å². The smallest absolute Gasteiger partial charge is 0.237 e. The lowest BCUT2D eigenvalue weighted by Crippen LogP contribution is -2.42. The highest BCUT2D eigenvalue weighted by molar-refractivity contribution is 7.10. The summed E-state index contributed by atoms with van der Waals surface area (Å²) in [6.45, 7) is 1.97. The van der Waals surface area contributed by atoms with Crippen LogP contribution in [0.1, 0.15) is 23.4 Å². The standard InChI is InChI=1S/C15H18N2OS/c1-11(14-8-5-9-19-14)17-15(18)13(16)10-12-6-3-2-4-7-12/h2-9,11,13H,10,16H2,1H3,(H,17,18)/t11-,13-/m1/s1. The van der Waals surface area contributed by atoms with Gasteiger partial charge in [0.15, 0.2) is 0 Å². The number of rotatable bonds is 5. The van der Waals surface area contributed by atoms with Crippen molar-refractivity contribution in [3.8, 4) is 0 Å². The summed E-state index contributed by atoms with van der Waals surface area (Å²) < 4.78 is 0. The Morgan fingerprint density at radius 2 is 2.00 bits per heavy atom. The minimum Gasteiger partial charge on any atom is -0.347 e. The van der Waals surface area contributed by atoms with Crippen LogP contribution in [-0.2, 0) is 11.2 Å². The molecule has 0 aliphatic carbocycles. The van der Waals surface area contributed by atoms with Gasteiger partial charge in [-0.05, 0) is 30.4 Å². The van der Waals surface area contributed by atoms with Gasteiger partial charge in [-0.15, -0.1) is 11.3 Å². The first-order valence-corrected chi connectivity index (χ1v) is 7.18. The van der Waals surface area contributed by atoms with Gasteiger partial charge in [0, 0.05) is 4.88 Å². The average molecular weight is 274 g/mol. The van der Waals surface area contributed by atoms with Crippen LogP contribution in [0.3, 0.4) is 0 Å². The van der Waals surface area contributed by atoms with E-state index in [1.165, 1.54) is 0 Å². The lowest BCUT2D eigenvalue weighted by atomic mass is 10.1. The molecule has 2 rings (SSSR count). The molecule has 0 aliphatic heterocycles. The Balaban J connectivity index is 1.89. The maximum absolute atomic E-state index is 12.0. The fourth-order valence-corrected chi connectivity index (χ4v) is 2.62.